The molecular formula is C26H23Cl2NO4. The maximum atomic E-state index is 13.1. The number of rotatable bonds is 5. The number of halogens is 2. The van der Waals surface area contributed by atoms with Crippen LogP contribution in [0.3, 0.4) is 0 Å². The van der Waals surface area contributed by atoms with Crippen molar-refractivity contribution in [1.29, 1.82) is 0 Å². The molecule has 0 radical (unpaired) electrons. The van der Waals surface area contributed by atoms with Crippen LogP contribution in [0.25, 0.3) is 11.3 Å². The third kappa shape index (κ3) is 3.40. The number of ether oxygens (including phenoxy) is 1. The normalized spacial score (nSPS) is 29.5. The van der Waals surface area contributed by atoms with Gasteiger partial charge >= 0.3 is 0 Å². The number of aryl methyl sites for hydroxylation is 1. The minimum Gasteiger partial charge on any atom is -0.482 e. The van der Waals surface area contributed by atoms with Crippen molar-refractivity contribution in [2.24, 2.45) is 5.41 Å². The summed E-state index contributed by atoms with van der Waals surface area (Å²) in [6.07, 6.45) is 2.03. The van der Waals surface area contributed by atoms with Crippen LogP contribution in [0.4, 0.5) is 0 Å². The van der Waals surface area contributed by atoms with Crippen LogP contribution in [-0.4, -0.2) is 22.0 Å². The zero-order valence-corrected chi connectivity index (χ0v) is 19.6. The topological polar surface area (TPSA) is 72.6 Å². The van der Waals surface area contributed by atoms with Crippen molar-refractivity contribution in [3.8, 4) is 17.1 Å². The molecule has 1 N–H and O–H groups in total. The van der Waals surface area contributed by atoms with Crippen LogP contribution in [0.2, 0.25) is 10.0 Å². The molecule has 0 spiro atoms. The summed E-state index contributed by atoms with van der Waals surface area (Å²) in [5, 5.41) is 11.7. The van der Waals surface area contributed by atoms with Gasteiger partial charge in [0, 0.05) is 39.4 Å². The predicted octanol–water partition coefficient (Wildman–Crippen LogP) is 6.22. The highest BCUT2D eigenvalue weighted by Crippen LogP contribution is 2.75. The first-order chi connectivity index (χ1) is 15.8. The second kappa shape index (κ2) is 7.33. The SMILES string of the molecule is Cc1nc(C23CC(CC(=O)[C@@H]4C[C@@H](O)c5cc(Cl)ccc5O4)(C2)C3)oc1-c1ccc(Cl)cc1. The fourth-order valence-corrected chi connectivity index (χ4v) is 6.31. The lowest BCUT2D eigenvalue weighted by atomic mass is 9.34. The number of carbonyl (C=O) groups is 1. The molecule has 7 rings (SSSR count). The minimum atomic E-state index is -0.748. The van der Waals surface area contributed by atoms with Crippen molar-refractivity contribution in [3.05, 3.63) is 69.7 Å². The molecule has 5 nitrogen and oxygen atoms in total. The van der Waals surface area contributed by atoms with Gasteiger partial charge in [0.15, 0.2) is 17.6 Å². The molecule has 7 heteroatoms. The van der Waals surface area contributed by atoms with Crippen LogP contribution >= 0.6 is 23.2 Å². The van der Waals surface area contributed by atoms with Gasteiger partial charge in [-0.3, -0.25) is 4.79 Å². The monoisotopic (exact) mass is 483 g/mol. The third-order valence-corrected chi connectivity index (χ3v) is 7.93. The number of nitrogens with zero attached hydrogens (tertiary/aromatic N) is 1. The van der Waals surface area contributed by atoms with E-state index in [4.69, 9.17) is 37.3 Å². The molecular weight excluding hydrogens is 461 g/mol. The zero-order valence-electron chi connectivity index (χ0n) is 18.1. The fraction of sp³-hybridized carbons (Fsp3) is 0.385. The molecule has 2 bridgehead atoms. The maximum Gasteiger partial charge on any atom is 0.201 e. The average Bonchev–Trinajstić information content (AvgIpc) is 3.11. The zero-order chi connectivity index (χ0) is 23.0. The summed E-state index contributed by atoms with van der Waals surface area (Å²) < 4.78 is 12.1. The number of fused-ring (bicyclic) bond motifs is 1. The first-order valence-electron chi connectivity index (χ1n) is 11.2. The Balaban J connectivity index is 1.12. The Labute approximate surface area is 201 Å². The van der Waals surface area contributed by atoms with E-state index in [-0.39, 0.29) is 23.0 Å². The highest BCUT2D eigenvalue weighted by molar-refractivity contribution is 6.31. The highest BCUT2D eigenvalue weighted by Gasteiger charge is 2.71. The Hall–Kier alpha value is -2.34. The van der Waals surface area contributed by atoms with Gasteiger partial charge in [0.2, 0.25) is 5.89 Å². The maximum absolute atomic E-state index is 13.1. The molecule has 3 aliphatic carbocycles. The quantitative estimate of drug-likeness (QED) is 0.465. The summed E-state index contributed by atoms with van der Waals surface area (Å²) in [7, 11) is 0. The van der Waals surface area contributed by atoms with Crippen molar-refractivity contribution in [2.45, 2.75) is 56.7 Å². The Kier molecular flexibility index (Phi) is 4.71. The molecule has 1 aromatic heterocycles. The molecule has 33 heavy (non-hydrogen) atoms. The summed E-state index contributed by atoms with van der Waals surface area (Å²) in [6, 6.07) is 12.7. The molecule has 4 aliphatic rings. The number of hydrogen-bond acceptors (Lipinski definition) is 5. The molecule has 0 amide bonds. The van der Waals surface area contributed by atoms with Crippen molar-refractivity contribution in [1.82, 2.24) is 4.98 Å². The van der Waals surface area contributed by atoms with Gasteiger partial charge in [0.25, 0.3) is 0 Å². The third-order valence-electron chi connectivity index (χ3n) is 7.44. The molecule has 170 valence electrons. The van der Waals surface area contributed by atoms with Gasteiger partial charge in [-0.05, 0) is 74.1 Å². The lowest BCUT2D eigenvalue weighted by Gasteiger charge is -2.69. The summed E-state index contributed by atoms with van der Waals surface area (Å²) in [4.78, 5) is 17.8. The highest BCUT2D eigenvalue weighted by atomic mass is 35.5. The van der Waals surface area contributed by atoms with Gasteiger partial charge in [-0.2, -0.15) is 0 Å². The number of hydrogen-bond donors (Lipinski definition) is 1. The van der Waals surface area contributed by atoms with Gasteiger partial charge in [-0.15, -0.1) is 0 Å². The van der Waals surface area contributed by atoms with E-state index in [1.165, 1.54) is 0 Å². The van der Waals surface area contributed by atoms with E-state index in [9.17, 15) is 9.90 Å². The Morgan fingerprint density at radius 2 is 1.82 bits per heavy atom. The fourth-order valence-electron chi connectivity index (χ4n) is 6.00. The van der Waals surface area contributed by atoms with E-state index < -0.39 is 12.2 Å². The number of aliphatic hydroxyl groups is 1. The molecule has 0 saturated heterocycles. The van der Waals surface area contributed by atoms with E-state index in [0.717, 1.165) is 42.2 Å². The average molecular weight is 484 g/mol. The molecule has 2 heterocycles. The van der Waals surface area contributed by atoms with Crippen molar-refractivity contribution in [2.75, 3.05) is 0 Å². The Morgan fingerprint density at radius 3 is 2.55 bits per heavy atom. The van der Waals surface area contributed by atoms with Crippen LogP contribution in [0.5, 0.6) is 5.75 Å². The molecule has 2 aromatic carbocycles. The summed E-state index contributed by atoms with van der Waals surface area (Å²) in [5.41, 5.74) is 2.40. The van der Waals surface area contributed by atoms with E-state index >= 15 is 0 Å². The molecule has 1 aliphatic heterocycles. The predicted molar refractivity (Wildman–Crippen MR) is 125 cm³/mol. The van der Waals surface area contributed by atoms with Gasteiger partial charge < -0.3 is 14.3 Å². The first-order valence-corrected chi connectivity index (χ1v) is 11.9. The van der Waals surface area contributed by atoms with Gasteiger partial charge in [-0.1, -0.05) is 23.2 Å². The molecule has 3 saturated carbocycles. The van der Waals surface area contributed by atoms with Crippen LogP contribution < -0.4 is 4.74 Å². The van der Waals surface area contributed by atoms with Crippen molar-refractivity contribution < 1.29 is 19.1 Å². The van der Waals surface area contributed by atoms with Crippen LogP contribution in [-0.2, 0) is 10.2 Å². The van der Waals surface area contributed by atoms with Gasteiger partial charge in [0.1, 0.15) is 5.75 Å². The largest absolute Gasteiger partial charge is 0.482 e. The summed E-state index contributed by atoms with van der Waals surface area (Å²) in [6.45, 7) is 1.96. The van der Waals surface area contributed by atoms with Crippen LogP contribution in [0.1, 0.15) is 55.4 Å². The van der Waals surface area contributed by atoms with Gasteiger partial charge in [0.05, 0.1) is 11.8 Å². The smallest absolute Gasteiger partial charge is 0.201 e. The molecule has 2 atom stereocenters. The molecule has 3 fully saturated rings. The summed E-state index contributed by atoms with van der Waals surface area (Å²) >= 11 is 12.0. The van der Waals surface area contributed by atoms with E-state index in [1.807, 2.05) is 31.2 Å². The Bertz CT molecular complexity index is 1250. The van der Waals surface area contributed by atoms with Gasteiger partial charge in [-0.25, -0.2) is 4.98 Å². The Morgan fingerprint density at radius 1 is 1.12 bits per heavy atom. The molecule has 0 unspecified atom stereocenters. The number of ketones is 1. The van der Waals surface area contributed by atoms with Crippen LogP contribution in [0, 0.1) is 12.3 Å². The van der Waals surface area contributed by atoms with Crippen LogP contribution in [0.15, 0.2) is 46.9 Å². The summed E-state index contributed by atoms with van der Waals surface area (Å²) in [5.74, 6) is 2.14. The number of aromatic nitrogens is 1. The number of benzene rings is 2. The molecule has 3 aromatic rings. The van der Waals surface area contributed by atoms with E-state index in [1.54, 1.807) is 18.2 Å². The number of carbonyl (C=O) groups excluding carboxylic acids is 1. The standard InChI is InChI=1S/C26H23Cl2NO4/c1-14-23(15-2-4-16(27)5-3-15)33-24(29-14)26-11-25(12-26,13-26)10-20(31)22-9-19(30)18-8-17(28)6-7-21(18)32-22/h2-8,19,22,30H,9-13H2,1H3/t19-,22+,25?,26?/m1/s1. The second-order valence-electron chi connectivity index (χ2n) is 9.93. The number of aliphatic hydroxyl groups excluding tert-OH is 1. The van der Waals surface area contributed by atoms with Crippen molar-refractivity contribution in [3.63, 3.8) is 0 Å². The lowest BCUT2D eigenvalue weighted by molar-refractivity contribution is -0.171. The van der Waals surface area contributed by atoms with E-state index in [2.05, 4.69) is 0 Å². The van der Waals surface area contributed by atoms with E-state index in [0.29, 0.717) is 27.8 Å². The minimum absolute atomic E-state index is 0.00548. The number of Topliss-reactive ketones (excluding diaryl/α,β-unsaturated/α-hetero) is 1. The first kappa shape index (κ1) is 21.2. The van der Waals surface area contributed by atoms with Crippen molar-refractivity contribution >= 4 is 29.0 Å². The second-order valence-corrected chi connectivity index (χ2v) is 10.8. The lowest BCUT2D eigenvalue weighted by Crippen LogP contribution is -2.65. The number of oxazole rings is 1.